The third-order valence-electron chi connectivity index (χ3n) is 6.13. The lowest BCUT2D eigenvalue weighted by molar-refractivity contribution is -0.136. The van der Waals surface area contributed by atoms with Crippen molar-refractivity contribution in [2.45, 2.75) is 45.9 Å². The van der Waals surface area contributed by atoms with E-state index in [1.54, 1.807) is 11.9 Å². The molecule has 0 saturated carbocycles. The molecule has 3 unspecified atom stereocenters. The van der Waals surface area contributed by atoms with Crippen molar-refractivity contribution in [1.82, 2.24) is 19.6 Å². The number of likely N-dealkylation sites (N-methyl/N-ethyl adjacent to an activating group) is 1. The lowest BCUT2D eigenvalue weighted by Crippen LogP contribution is -2.64. The van der Waals surface area contributed by atoms with Gasteiger partial charge in [-0.3, -0.25) is 14.6 Å². The number of amides is 3. The van der Waals surface area contributed by atoms with Gasteiger partial charge in [-0.1, -0.05) is 42.5 Å². The molecule has 152 valence electrons. The number of rotatable bonds is 4. The Morgan fingerprint density at radius 1 is 1.14 bits per heavy atom. The Hall–Kier alpha value is -3.09. The third kappa shape index (κ3) is 2.75. The van der Waals surface area contributed by atoms with Crippen molar-refractivity contribution in [3.63, 3.8) is 0 Å². The summed E-state index contributed by atoms with van der Waals surface area (Å²) in [6.07, 6.45) is 3.15. The Balaban J connectivity index is 1.72. The number of guanidine groups is 1. The van der Waals surface area contributed by atoms with E-state index in [1.807, 2.05) is 49.1 Å². The molecule has 1 aromatic rings. The van der Waals surface area contributed by atoms with Crippen molar-refractivity contribution >= 4 is 17.9 Å². The maximum Gasteiger partial charge on any atom is 0.328 e. The molecule has 1 saturated heterocycles. The van der Waals surface area contributed by atoms with Gasteiger partial charge in [0.15, 0.2) is 12.2 Å². The minimum absolute atomic E-state index is 0.0605. The fraction of sp³-hybridized carbons (Fsp3) is 0.409. The zero-order chi connectivity index (χ0) is 20.9. The largest absolute Gasteiger partial charge is 0.328 e. The van der Waals surface area contributed by atoms with Gasteiger partial charge in [0, 0.05) is 25.0 Å². The Morgan fingerprint density at radius 3 is 2.48 bits per heavy atom. The maximum absolute atomic E-state index is 13.3. The number of carbonyl (C=O) groups is 2. The molecule has 4 rings (SSSR count). The molecule has 1 aromatic carbocycles. The van der Waals surface area contributed by atoms with Crippen LogP contribution in [0.25, 0.3) is 0 Å². The standard InChI is InChI=1S/C22H27N5O2/c1-6-7-13-25-20(28)18-19(24(5)22(25)29)23-21-26(14(2)15(3)27(18)21)16(4)17-11-9-8-10-12-17/h6-12,16,18-19H,13H2,1-5H3/b7-6+. The number of fused-ring (bicyclic) bond motifs is 3. The summed E-state index contributed by atoms with van der Waals surface area (Å²) in [7, 11) is 1.72. The monoisotopic (exact) mass is 393 g/mol. The van der Waals surface area contributed by atoms with Crippen molar-refractivity contribution < 1.29 is 9.59 Å². The summed E-state index contributed by atoms with van der Waals surface area (Å²) < 4.78 is 0. The van der Waals surface area contributed by atoms with Gasteiger partial charge >= 0.3 is 6.03 Å². The van der Waals surface area contributed by atoms with E-state index in [9.17, 15) is 9.59 Å². The summed E-state index contributed by atoms with van der Waals surface area (Å²) in [6.45, 7) is 8.36. The highest BCUT2D eigenvalue weighted by Crippen LogP contribution is 2.41. The minimum Gasteiger partial charge on any atom is -0.307 e. The average molecular weight is 393 g/mol. The molecule has 0 aliphatic carbocycles. The fourth-order valence-corrected chi connectivity index (χ4v) is 4.36. The van der Waals surface area contributed by atoms with E-state index in [0.717, 1.165) is 17.4 Å². The third-order valence-corrected chi connectivity index (χ3v) is 6.13. The van der Waals surface area contributed by atoms with Crippen LogP contribution >= 0.6 is 0 Å². The normalized spacial score (nSPS) is 25.2. The van der Waals surface area contributed by atoms with Gasteiger partial charge in [-0.25, -0.2) is 9.79 Å². The van der Waals surface area contributed by atoms with Gasteiger partial charge in [0.25, 0.3) is 5.91 Å². The van der Waals surface area contributed by atoms with Crippen LogP contribution in [0, 0.1) is 0 Å². The van der Waals surface area contributed by atoms with Gasteiger partial charge in [-0.2, -0.15) is 0 Å². The molecule has 3 heterocycles. The lowest BCUT2D eigenvalue weighted by atomic mass is 10.1. The van der Waals surface area contributed by atoms with E-state index in [4.69, 9.17) is 4.99 Å². The predicted octanol–water partition coefficient (Wildman–Crippen LogP) is 3.15. The Labute approximate surface area is 171 Å². The highest BCUT2D eigenvalue weighted by molar-refractivity contribution is 6.05. The number of hydrogen-bond acceptors (Lipinski definition) is 5. The van der Waals surface area contributed by atoms with Crippen LogP contribution in [0.1, 0.15) is 39.3 Å². The highest BCUT2D eigenvalue weighted by Gasteiger charge is 2.56. The zero-order valence-electron chi connectivity index (χ0n) is 17.5. The molecule has 3 amide bonds. The zero-order valence-corrected chi connectivity index (χ0v) is 17.5. The summed E-state index contributed by atoms with van der Waals surface area (Å²) in [5.41, 5.74) is 3.25. The molecule has 0 spiro atoms. The molecule has 0 N–H and O–H groups in total. The predicted molar refractivity (Wildman–Crippen MR) is 112 cm³/mol. The first-order valence-electron chi connectivity index (χ1n) is 9.96. The number of urea groups is 1. The molecule has 3 aliphatic heterocycles. The van der Waals surface area contributed by atoms with Crippen molar-refractivity contribution in [1.29, 1.82) is 0 Å². The van der Waals surface area contributed by atoms with Crippen LogP contribution < -0.4 is 0 Å². The van der Waals surface area contributed by atoms with Gasteiger partial charge in [-0.05, 0) is 33.3 Å². The lowest BCUT2D eigenvalue weighted by Gasteiger charge is -2.40. The van der Waals surface area contributed by atoms with Crippen molar-refractivity contribution in [2.24, 2.45) is 4.99 Å². The SMILES string of the molecule is C/C=C/CN1C(=O)C2C(N=C3N(C(C)c4ccccc4)C(C)=C(C)N32)N(C)C1=O. The number of aliphatic imine (C=N–C) groups is 1. The van der Waals surface area contributed by atoms with E-state index in [0.29, 0.717) is 0 Å². The Bertz CT molecular complexity index is 936. The van der Waals surface area contributed by atoms with E-state index < -0.39 is 12.2 Å². The van der Waals surface area contributed by atoms with Crippen LogP contribution in [0.3, 0.4) is 0 Å². The highest BCUT2D eigenvalue weighted by atomic mass is 16.2. The molecule has 7 nitrogen and oxygen atoms in total. The first kappa shape index (κ1) is 19.2. The number of imide groups is 1. The van der Waals surface area contributed by atoms with Crippen LogP contribution in [-0.2, 0) is 4.79 Å². The van der Waals surface area contributed by atoms with E-state index in [1.165, 1.54) is 10.5 Å². The quantitative estimate of drug-likeness (QED) is 0.738. The van der Waals surface area contributed by atoms with Gasteiger partial charge in [-0.15, -0.1) is 0 Å². The molecule has 0 radical (unpaired) electrons. The van der Waals surface area contributed by atoms with Crippen molar-refractivity contribution in [3.8, 4) is 0 Å². The van der Waals surface area contributed by atoms with Gasteiger partial charge in [0.2, 0.25) is 5.96 Å². The molecule has 0 aromatic heterocycles. The number of nitrogens with zero attached hydrogens (tertiary/aromatic N) is 5. The van der Waals surface area contributed by atoms with Crippen LogP contribution in [-0.4, -0.2) is 63.3 Å². The van der Waals surface area contributed by atoms with Crippen LogP contribution in [0.5, 0.6) is 0 Å². The number of benzene rings is 1. The summed E-state index contributed by atoms with van der Waals surface area (Å²) in [5, 5.41) is 0. The smallest absolute Gasteiger partial charge is 0.307 e. The average Bonchev–Trinajstić information content (AvgIpc) is 3.22. The first-order valence-corrected chi connectivity index (χ1v) is 9.96. The van der Waals surface area contributed by atoms with Crippen LogP contribution in [0.15, 0.2) is 58.9 Å². The fourth-order valence-electron chi connectivity index (χ4n) is 4.36. The maximum atomic E-state index is 13.3. The number of hydrogen-bond donors (Lipinski definition) is 0. The van der Waals surface area contributed by atoms with Gasteiger partial charge < -0.3 is 9.80 Å². The van der Waals surface area contributed by atoms with Gasteiger partial charge in [0.05, 0.1) is 6.04 Å². The summed E-state index contributed by atoms with van der Waals surface area (Å²) >= 11 is 0. The topological polar surface area (TPSA) is 59.5 Å². The Morgan fingerprint density at radius 2 is 1.83 bits per heavy atom. The van der Waals surface area contributed by atoms with Gasteiger partial charge in [0.1, 0.15) is 0 Å². The molecule has 0 bridgehead atoms. The molecule has 1 fully saturated rings. The summed E-state index contributed by atoms with van der Waals surface area (Å²) in [5.74, 6) is 0.545. The summed E-state index contributed by atoms with van der Waals surface area (Å²) in [6, 6.07) is 9.47. The molecule has 3 atom stereocenters. The van der Waals surface area contributed by atoms with Crippen molar-refractivity contribution in [2.75, 3.05) is 13.6 Å². The molecule has 3 aliphatic rings. The first-order chi connectivity index (χ1) is 13.9. The molecule has 29 heavy (non-hydrogen) atoms. The van der Waals surface area contributed by atoms with Crippen LogP contribution in [0.4, 0.5) is 4.79 Å². The molecular weight excluding hydrogens is 366 g/mol. The molecule has 7 heteroatoms. The Kier molecular flexibility index (Phi) is 4.68. The van der Waals surface area contributed by atoms with Crippen LogP contribution in [0.2, 0.25) is 0 Å². The second kappa shape index (κ2) is 7.06. The second-order valence-corrected chi connectivity index (χ2v) is 7.70. The number of allylic oxidation sites excluding steroid dienone is 3. The second-order valence-electron chi connectivity index (χ2n) is 7.70. The minimum atomic E-state index is -0.527. The van der Waals surface area contributed by atoms with E-state index in [-0.39, 0.29) is 24.5 Å². The van der Waals surface area contributed by atoms with Crippen molar-refractivity contribution in [3.05, 3.63) is 59.4 Å². The summed E-state index contributed by atoms with van der Waals surface area (Å²) in [4.78, 5) is 38.0. The molecular formula is C22H27N5O2. The number of carbonyl (C=O) groups excluding carboxylic acids is 2. The van der Waals surface area contributed by atoms with E-state index in [2.05, 4.69) is 30.9 Å². The van der Waals surface area contributed by atoms with E-state index >= 15 is 0 Å².